The highest BCUT2D eigenvalue weighted by atomic mass is 16.5. The number of ether oxygens (including phenoxy) is 1. The molecule has 0 saturated heterocycles. The van der Waals surface area contributed by atoms with Crippen LogP contribution in [0.1, 0.15) is 26.2 Å². The molecule has 1 saturated carbocycles. The third-order valence-electron chi connectivity index (χ3n) is 3.15. The fourth-order valence-corrected chi connectivity index (χ4v) is 2.42. The van der Waals surface area contributed by atoms with Gasteiger partial charge < -0.3 is 10.1 Å². The van der Waals surface area contributed by atoms with Crippen LogP contribution in [0, 0.1) is 11.8 Å². The van der Waals surface area contributed by atoms with E-state index < -0.39 is 0 Å². The van der Waals surface area contributed by atoms with Crippen molar-refractivity contribution >= 4 is 6.09 Å². The van der Waals surface area contributed by atoms with E-state index in [4.69, 9.17) is 4.74 Å². The van der Waals surface area contributed by atoms with Crippen LogP contribution in [0.3, 0.4) is 0 Å². The molecule has 1 amide bonds. The number of hydrogen-bond donors (Lipinski definition) is 1. The van der Waals surface area contributed by atoms with Crippen LogP contribution < -0.4 is 5.32 Å². The third kappa shape index (κ3) is 1.91. The number of allylic oxidation sites excluding steroid dienone is 1. The molecule has 0 radical (unpaired) electrons. The predicted octanol–water partition coefficient (Wildman–Crippen LogP) is 2.09. The summed E-state index contributed by atoms with van der Waals surface area (Å²) >= 11 is 0. The summed E-state index contributed by atoms with van der Waals surface area (Å²) in [5.74, 6) is 1.20. The molecule has 0 spiro atoms. The molecule has 0 aromatic rings. The second-order valence-corrected chi connectivity index (χ2v) is 4.09. The van der Waals surface area contributed by atoms with Crippen LogP contribution in [0.2, 0.25) is 0 Å². The lowest BCUT2D eigenvalue weighted by Crippen LogP contribution is -2.45. The molecule has 3 atom stereocenters. The molecule has 3 rings (SSSR count). The minimum absolute atomic E-state index is 0.265. The maximum absolute atomic E-state index is 11.2. The number of alkyl carbamates (subject to hydrolysis) is 1. The molecule has 3 aliphatic rings. The molecule has 3 heteroatoms. The van der Waals surface area contributed by atoms with Crippen molar-refractivity contribution in [2.24, 2.45) is 11.8 Å². The van der Waals surface area contributed by atoms with Crippen molar-refractivity contribution in [1.29, 1.82) is 0 Å². The van der Waals surface area contributed by atoms with Gasteiger partial charge in [0.1, 0.15) is 0 Å². The van der Waals surface area contributed by atoms with Crippen LogP contribution in [0.25, 0.3) is 0 Å². The van der Waals surface area contributed by atoms with Gasteiger partial charge in [0.05, 0.1) is 6.61 Å². The first-order valence-electron chi connectivity index (χ1n) is 5.41. The van der Waals surface area contributed by atoms with Gasteiger partial charge in [-0.3, -0.25) is 0 Å². The Morgan fingerprint density at radius 3 is 2.86 bits per heavy atom. The molecule has 0 aliphatic heterocycles. The summed E-state index contributed by atoms with van der Waals surface area (Å²) in [6.45, 7) is 2.27. The summed E-state index contributed by atoms with van der Waals surface area (Å²) in [4.78, 5) is 11.2. The Labute approximate surface area is 84.5 Å². The number of carbonyl (C=O) groups excluding carboxylic acids is 1. The number of rotatable bonds is 2. The molecule has 3 nitrogen and oxygen atoms in total. The Morgan fingerprint density at radius 1 is 1.50 bits per heavy atom. The Hall–Kier alpha value is -0.990. The standard InChI is InChI=1S/C11H17NO2/c1-2-14-11(13)12-10-7-8-3-5-9(10)6-4-8/h3,5,8-10H,2,4,6-7H2,1H3,(H,12,13)/t8-,9-,10+/m0/s1. The van der Waals surface area contributed by atoms with Crippen molar-refractivity contribution in [2.75, 3.05) is 6.61 Å². The van der Waals surface area contributed by atoms with Gasteiger partial charge >= 0.3 is 6.09 Å². The molecule has 1 N–H and O–H groups in total. The van der Waals surface area contributed by atoms with E-state index in [1.807, 2.05) is 6.92 Å². The summed E-state index contributed by atoms with van der Waals surface area (Å²) in [6, 6.07) is 0.304. The van der Waals surface area contributed by atoms with E-state index in [2.05, 4.69) is 17.5 Å². The summed E-state index contributed by atoms with van der Waals surface area (Å²) in [5, 5.41) is 2.94. The first-order chi connectivity index (χ1) is 6.79. The summed E-state index contributed by atoms with van der Waals surface area (Å²) in [5.41, 5.74) is 0. The SMILES string of the molecule is CCOC(=O)N[C@@H]1C[C@H]2C=C[C@H]1CC2. The predicted molar refractivity (Wildman–Crippen MR) is 53.9 cm³/mol. The molecule has 14 heavy (non-hydrogen) atoms. The number of nitrogens with one attached hydrogen (secondary N) is 1. The fraction of sp³-hybridized carbons (Fsp3) is 0.727. The Morgan fingerprint density at radius 2 is 2.36 bits per heavy atom. The fourth-order valence-electron chi connectivity index (χ4n) is 2.42. The van der Waals surface area contributed by atoms with Crippen LogP contribution in [0.5, 0.6) is 0 Å². The van der Waals surface area contributed by atoms with Crippen molar-refractivity contribution in [1.82, 2.24) is 5.32 Å². The van der Waals surface area contributed by atoms with Crippen LogP contribution in [-0.4, -0.2) is 18.7 Å². The zero-order valence-corrected chi connectivity index (χ0v) is 8.53. The lowest BCUT2D eigenvalue weighted by atomic mass is 9.73. The molecule has 0 aromatic heterocycles. The van der Waals surface area contributed by atoms with E-state index in [0.717, 1.165) is 6.42 Å². The van der Waals surface area contributed by atoms with Gasteiger partial charge in [-0.05, 0) is 38.0 Å². The van der Waals surface area contributed by atoms with Gasteiger partial charge in [0.15, 0.2) is 0 Å². The molecular formula is C11H17NO2. The molecule has 78 valence electrons. The van der Waals surface area contributed by atoms with E-state index in [0.29, 0.717) is 24.5 Å². The lowest BCUT2D eigenvalue weighted by molar-refractivity contribution is 0.137. The number of carbonyl (C=O) groups is 1. The van der Waals surface area contributed by atoms with E-state index in [9.17, 15) is 4.79 Å². The zero-order valence-electron chi connectivity index (χ0n) is 8.53. The van der Waals surface area contributed by atoms with Crippen molar-refractivity contribution in [3.05, 3.63) is 12.2 Å². The van der Waals surface area contributed by atoms with Gasteiger partial charge in [-0.1, -0.05) is 12.2 Å². The maximum Gasteiger partial charge on any atom is 0.407 e. The highest BCUT2D eigenvalue weighted by Crippen LogP contribution is 2.36. The largest absolute Gasteiger partial charge is 0.450 e. The zero-order chi connectivity index (χ0) is 9.97. The number of amides is 1. The highest BCUT2D eigenvalue weighted by molar-refractivity contribution is 5.67. The number of hydrogen-bond acceptors (Lipinski definition) is 2. The monoisotopic (exact) mass is 195 g/mol. The highest BCUT2D eigenvalue weighted by Gasteiger charge is 2.32. The van der Waals surface area contributed by atoms with Crippen molar-refractivity contribution in [3.63, 3.8) is 0 Å². The second kappa shape index (κ2) is 4.03. The average molecular weight is 195 g/mol. The quantitative estimate of drug-likeness (QED) is 0.685. The van der Waals surface area contributed by atoms with Gasteiger partial charge in [-0.15, -0.1) is 0 Å². The van der Waals surface area contributed by atoms with Crippen molar-refractivity contribution in [3.8, 4) is 0 Å². The van der Waals surface area contributed by atoms with Gasteiger partial charge in [-0.25, -0.2) is 4.79 Å². The molecule has 1 fully saturated rings. The van der Waals surface area contributed by atoms with Gasteiger partial charge in [-0.2, -0.15) is 0 Å². The third-order valence-corrected chi connectivity index (χ3v) is 3.15. The first kappa shape index (κ1) is 9.56. The summed E-state index contributed by atoms with van der Waals surface area (Å²) in [6.07, 6.45) is 7.84. The Balaban J connectivity index is 1.88. The van der Waals surface area contributed by atoms with Crippen LogP contribution in [0.15, 0.2) is 12.2 Å². The van der Waals surface area contributed by atoms with E-state index in [1.165, 1.54) is 12.8 Å². The first-order valence-corrected chi connectivity index (χ1v) is 5.41. The van der Waals surface area contributed by atoms with Gasteiger partial charge in [0, 0.05) is 6.04 Å². The molecule has 0 heterocycles. The minimum atomic E-state index is -0.265. The van der Waals surface area contributed by atoms with Gasteiger partial charge in [0.2, 0.25) is 0 Å². The van der Waals surface area contributed by atoms with E-state index in [-0.39, 0.29) is 6.09 Å². The van der Waals surface area contributed by atoms with E-state index in [1.54, 1.807) is 0 Å². The average Bonchev–Trinajstić information content (AvgIpc) is 2.19. The second-order valence-electron chi connectivity index (χ2n) is 4.09. The molecule has 3 aliphatic carbocycles. The summed E-state index contributed by atoms with van der Waals surface area (Å²) < 4.78 is 4.88. The normalized spacial score (nSPS) is 34.2. The Kier molecular flexibility index (Phi) is 2.75. The van der Waals surface area contributed by atoms with Crippen LogP contribution >= 0.6 is 0 Å². The lowest BCUT2D eigenvalue weighted by Gasteiger charge is -2.37. The van der Waals surface area contributed by atoms with Gasteiger partial charge in [0.25, 0.3) is 0 Å². The maximum atomic E-state index is 11.2. The summed E-state index contributed by atoms with van der Waals surface area (Å²) in [7, 11) is 0. The van der Waals surface area contributed by atoms with Crippen molar-refractivity contribution < 1.29 is 9.53 Å². The Bertz CT molecular complexity index is 250. The molecule has 0 aromatic carbocycles. The van der Waals surface area contributed by atoms with Crippen molar-refractivity contribution in [2.45, 2.75) is 32.2 Å². The molecule has 2 bridgehead atoms. The topological polar surface area (TPSA) is 38.3 Å². The van der Waals surface area contributed by atoms with Crippen LogP contribution in [-0.2, 0) is 4.74 Å². The molecule has 0 unspecified atom stereocenters. The smallest absolute Gasteiger partial charge is 0.407 e. The number of fused-ring (bicyclic) bond motifs is 2. The molecular weight excluding hydrogens is 178 g/mol. The van der Waals surface area contributed by atoms with E-state index >= 15 is 0 Å². The minimum Gasteiger partial charge on any atom is -0.450 e. The van der Waals surface area contributed by atoms with Crippen LogP contribution in [0.4, 0.5) is 4.79 Å².